The SMILES string of the molecule is O=C(O)c1cc(Br)cc(NC(=O)N2CCCSCC2)c1. The van der Waals surface area contributed by atoms with Crippen molar-refractivity contribution in [1.82, 2.24) is 4.90 Å². The van der Waals surface area contributed by atoms with Gasteiger partial charge < -0.3 is 15.3 Å². The second-order valence-corrected chi connectivity index (χ2v) is 6.56. The Kier molecular flexibility index (Phi) is 5.31. The number of carbonyl (C=O) groups excluding carboxylic acids is 1. The summed E-state index contributed by atoms with van der Waals surface area (Å²) in [6, 6.07) is 4.47. The maximum atomic E-state index is 12.2. The molecule has 1 heterocycles. The number of hydrogen-bond donors (Lipinski definition) is 2. The lowest BCUT2D eigenvalue weighted by Crippen LogP contribution is -2.36. The van der Waals surface area contributed by atoms with Gasteiger partial charge >= 0.3 is 12.0 Å². The molecule has 0 bridgehead atoms. The maximum absolute atomic E-state index is 12.2. The fourth-order valence-corrected chi connectivity index (χ4v) is 3.32. The van der Waals surface area contributed by atoms with Crippen LogP contribution in [-0.4, -0.2) is 46.6 Å². The van der Waals surface area contributed by atoms with Gasteiger partial charge in [0.15, 0.2) is 0 Å². The van der Waals surface area contributed by atoms with E-state index >= 15 is 0 Å². The van der Waals surface area contributed by atoms with Crippen molar-refractivity contribution in [2.75, 3.05) is 29.9 Å². The number of rotatable bonds is 2. The van der Waals surface area contributed by atoms with Gasteiger partial charge in [-0.1, -0.05) is 15.9 Å². The number of nitrogens with zero attached hydrogens (tertiary/aromatic N) is 1. The monoisotopic (exact) mass is 358 g/mol. The molecule has 2 rings (SSSR count). The molecule has 108 valence electrons. The Morgan fingerprint density at radius 3 is 2.80 bits per heavy atom. The van der Waals surface area contributed by atoms with Crippen LogP contribution in [-0.2, 0) is 0 Å². The molecule has 1 aromatic rings. The highest BCUT2D eigenvalue weighted by molar-refractivity contribution is 9.10. The van der Waals surface area contributed by atoms with E-state index in [1.807, 2.05) is 11.8 Å². The molecule has 2 N–H and O–H groups in total. The normalized spacial score (nSPS) is 15.6. The molecule has 1 aromatic carbocycles. The van der Waals surface area contributed by atoms with Crippen molar-refractivity contribution in [3.05, 3.63) is 28.2 Å². The lowest BCUT2D eigenvalue weighted by Gasteiger charge is -2.20. The molecule has 0 aliphatic carbocycles. The van der Waals surface area contributed by atoms with E-state index in [9.17, 15) is 9.59 Å². The molecule has 2 amide bonds. The molecule has 7 heteroatoms. The summed E-state index contributed by atoms with van der Waals surface area (Å²) in [4.78, 5) is 24.9. The fraction of sp³-hybridized carbons (Fsp3) is 0.385. The smallest absolute Gasteiger partial charge is 0.335 e. The highest BCUT2D eigenvalue weighted by Crippen LogP contribution is 2.20. The summed E-state index contributed by atoms with van der Waals surface area (Å²) < 4.78 is 0.624. The van der Waals surface area contributed by atoms with Gasteiger partial charge in [-0.05, 0) is 30.4 Å². The van der Waals surface area contributed by atoms with E-state index in [0.29, 0.717) is 10.2 Å². The maximum Gasteiger partial charge on any atom is 0.335 e. The van der Waals surface area contributed by atoms with Crippen LogP contribution in [0.15, 0.2) is 22.7 Å². The number of benzene rings is 1. The lowest BCUT2D eigenvalue weighted by atomic mass is 10.2. The first-order chi connectivity index (χ1) is 9.56. The molecule has 0 atom stereocenters. The Balaban J connectivity index is 2.08. The van der Waals surface area contributed by atoms with E-state index < -0.39 is 5.97 Å². The average molecular weight is 359 g/mol. The third kappa shape index (κ3) is 4.14. The predicted octanol–water partition coefficient (Wildman–Crippen LogP) is 3.12. The molecule has 1 saturated heterocycles. The van der Waals surface area contributed by atoms with Gasteiger partial charge in [-0.2, -0.15) is 11.8 Å². The topological polar surface area (TPSA) is 69.6 Å². The second-order valence-electron chi connectivity index (χ2n) is 4.42. The van der Waals surface area contributed by atoms with Crippen molar-refractivity contribution in [3.8, 4) is 0 Å². The number of urea groups is 1. The Morgan fingerprint density at radius 2 is 2.05 bits per heavy atom. The highest BCUT2D eigenvalue weighted by Gasteiger charge is 2.16. The first kappa shape index (κ1) is 15.2. The van der Waals surface area contributed by atoms with E-state index in [2.05, 4.69) is 21.2 Å². The zero-order chi connectivity index (χ0) is 14.5. The van der Waals surface area contributed by atoms with Crippen LogP contribution in [0.25, 0.3) is 0 Å². The van der Waals surface area contributed by atoms with Gasteiger partial charge in [-0.3, -0.25) is 0 Å². The molecule has 1 aliphatic rings. The van der Waals surface area contributed by atoms with Gasteiger partial charge in [0, 0.05) is 29.0 Å². The zero-order valence-corrected chi connectivity index (χ0v) is 13.2. The Bertz CT molecular complexity index is 516. The van der Waals surface area contributed by atoms with E-state index in [1.165, 1.54) is 12.1 Å². The number of carboxylic acid groups (broad SMARTS) is 1. The van der Waals surface area contributed by atoms with E-state index in [-0.39, 0.29) is 11.6 Å². The van der Waals surface area contributed by atoms with E-state index in [4.69, 9.17) is 5.11 Å². The standard InChI is InChI=1S/C13H15BrN2O3S/c14-10-6-9(12(17)18)7-11(8-10)15-13(19)16-2-1-4-20-5-3-16/h6-8H,1-5H2,(H,15,19)(H,17,18). The van der Waals surface area contributed by atoms with E-state index in [1.54, 1.807) is 11.0 Å². The molecule has 0 aromatic heterocycles. The molecule has 0 radical (unpaired) electrons. The molecule has 5 nitrogen and oxygen atoms in total. The summed E-state index contributed by atoms with van der Waals surface area (Å²) in [5, 5.41) is 11.8. The minimum Gasteiger partial charge on any atom is -0.478 e. The fourth-order valence-electron chi connectivity index (χ4n) is 1.94. The van der Waals surface area contributed by atoms with E-state index in [0.717, 1.165) is 31.0 Å². The molecule has 0 unspecified atom stereocenters. The van der Waals surface area contributed by atoms with Gasteiger partial charge in [0.25, 0.3) is 0 Å². The lowest BCUT2D eigenvalue weighted by molar-refractivity contribution is 0.0697. The molecule has 1 fully saturated rings. The van der Waals surface area contributed by atoms with Crippen molar-refractivity contribution in [3.63, 3.8) is 0 Å². The van der Waals surface area contributed by atoms with Crippen LogP contribution in [0.1, 0.15) is 16.8 Å². The van der Waals surface area contributed by atoms with Crippen molar-refractivity contribution in [1.29, 1.82) is 0 Å². The average Bonchev–Trinajstić information content (AvgIpc) is 2.66. The number of hydrogen-bond acceptors (Lipinski definition) is 3. The third-order valence-electron chi connectivity index (χ3n) is 2.91. The van der Waals surface area contributed by atoms with Crippen LogP contribution >= 0.6 is 27.7 Å². The summed E-state index contributed by atoms with van der Waals surface area (Å²) in [5.41, 5.74) is 0.625. The van der Waals surface area contributed by atoms with Crippen molar-refractivity contribution >= 4 is 45.4 Å². The van der Waals surface area contributed by atoms with Crippen LogP contribution in [0, 0.1) is 0 Å². The number of nitrogens with one attached hydrogen (secondary N) is 1. The van der Waals surface area contributed by atoms with Crippen LogP contribution in [0.5, 0.6) is 0 Å². The number of carbonyl (C=O) groups is 2. The first-order valence-electron chi connectivity index (χ1n) is 6.24. The van der Waals surface area contributed by atoms with Gasteiger partial charge in [0.2, 0.25) is 0 Å². The van der Waals surface area contributed by atoms with Crippen molar-refractivity contribution < 1.29 is 14.7 Å². The number of amides is 2. The highest BCUT2D eigenvalue weighted by atomic mass is 79.9. The van der Waals surface area contributed by atoms with Gasteiger partial charge in [-0.25, -0.2) is 9.59 Å². The van der Waals surface area contributed by atoms with Gasteiger partial charge in [0.1, 0.15) is 0 Å². The number of halogens is 1. The number of thioether (sulfide) groups is 1. The Morgan fingerprint density at radius 1 is 1.25 bits per heavy atom. The molecular formula is C13H15BrN2O3S. The second kappa shape index (κ2) is 6.99. The Hall–Kier alpha value is -1.21. The van der Waals surface area contributed by atoms with Crippen LogP contribution < -0.4 is 5.32 Å². The molecule has 20 heavy (non-hydrogen) atoms. The van der Waals surface area contributed by atoms with Crippen LogP contribution in [0.4, 0.5) is 10.5 Å². The molecule has 0 spiro atoms. The Labute approximate surface area is 129 Å². The minimum atomic E-state index is -1.02. The van der Waals surface area contributed by atoms with Crippen LogP contribution in [0.3, 0.4) is 0 Å². The van der Waals surface area contributed by atoms with Gasteiger partial charge in [-0.15, -0.1) is 0 Å². The van der Waals surface area contributed by atoms with Crippen molar-refractivity contribution in [2.24, 2.45) is 0 Å². The predicted molar refractivity (Wildman–Crippen MR) is 83.6 cm³/mol. The number of anilines is 1. The van der Waals surface area contributed by atoms with Crippen LogP contribution in [0.2, 0.25) is 0 Å². The first-order valence-corrected chi connectivity index (χ1v) is 8.18. The molecular weight excluding hydrogens is 344 g/mol. The summed E-state index contributed by atoms with van der Waals surface area (Å²) in [7, 11) is 0. The van der Waals surface area contributed by atoms with Gasteiger partial charge in [0.05, 0.1) is 5.56 Å². The largest absolute Gasteiger partial charge is 0.478 e. The minimum absolute atomic E-state index is 0.140. The summed E-state index contributed by atoms with van der Waals surface area (Å²) in [6.07, 6.45) is 0.983. The summed E-state index contributed by atoms with van der Waals surface area (Å²) >= 11 is 5.09. The molecule has 0 saturated carbocycles. The quantitative estimate of drug-likeness (QED) is 0.851. The summed E-state index contributed by atoms with van der Waals surface area (Å²) in [6.45, 7) is 1.45. The number of aromatic carboxylic acids is 1. The zero-order valence-electron chi connectivity index (χ0n) is 10.8. The number of carboxylic acids is 1. The summed E-state index contributed by atoms with van der Waals surface area (Å²) in [5.74, 6) is 0.990. The van der Waals surface area contributed by atoms with Crippen molar-refractivity contribution in [2.45, 2.75) is 6.42 Å². The third-order valence-corrected chi connectivity index (χ3v) is 4.41. The molecule has 1 aliphatic heterocycles.